The summed E-state index contributed by atoms with van der Waals surface area (Å²) in [4.78, 5) is 4.74. The Morgan fingerprint density at radius 3 is 2.76 bits per heavy atom. The van der Waals surface area contributed by atoms with Crippen LogP contribution in [0.2, 0.25) is 0 Å². The van der Waals surface area contributed by atoms with E-state index in [-0.39, 0.29) is 16.1 Å². The lowest BCUT2D eigenvalue weighted by Crippen LogP contribution is -2.18. The molecule has 1 aliphatic rings. The molecule has 2 heterocycles. The smallest absolute Gasteiger partial charge is 0.415 e. The van der Waals surface area contributed by atoms with E-state index in [9.17, 15) is 13.2 Å². The molecular formula is C9H10F3N3OS. The molecule has 1 aliphatic heterocycles. The molecule has 0 bridgehead atoms. The van der Waals surface area contributed by atoms with E-state index in [1.165, 1.54) is 24.9 Å². The lowest BCUT2D eigenvalue weighted by atomic mass is 10.2. The van der Waals surface area contributed by atoms with Gasteiger partial charge in [-0.2, -0.15) is 18.3 Å². The summed E-state index contributed by atoms with van der Waals surface area (Å²) < 4.78 is 39.8. The number of halogens is 3. The Kier molecular flexibility index (Phi) is 3.09. The highest BCUT2D eigenvalue weighted by Crippen LogP contribution is 2.39. The molecule has 8 heteroatoms. The molecule has 0 aromatic carbocycles. The second kappa shape index (κ2) is 4.26. The van der Waals surface area contributed by atoms with Crippen molar-refractivity contribution in [1.82, 2.24) is 15.3 Å². The Balaban J connectivity index is 2.34. The van der Waals surface area contributed by atoms with E-state index in [2.05, 4.69) is 10.6 Å². The van der Waals surface area contributed by atoms with Crippen LogP contribution in [-0.2, 0) is 18.1 Å². The molecular weight excluding hydrogens is 255 g/mol. The number of alkyl halides is 3. The molecule has 0 fully saturated rings. The maximum Gasteiger partial charge on any atom is 0.420 e. The third-order valence-corrected chi connectivity index (χ3v) is 3.40. The highest BCUT2D eigenvalue weighted by atomic mass is 32.2. The number of nitrogens with zero attached hydrogens (tertiary/aromatic N) is 2. The first-order chi connectivity index (χ1) is 7.89. The molecule has 2 rings (SSSR count). The fourth-order valence-electron chi connectivity index (χ4n) is 1.54. The highest BCUT2D eigenvalue weighted by molar-refractivity contribution is 8.00. The van der Waals surface area contributed by atoms with Gasteiger partial charge in [0.15, 0.2) is 0 Å². The second-order valence-electron chi connectivity index (χ2n) is 3.49. The number of hydroxylamine groups is 1. The molecule has 1 aromatic heterocycles. The first-order valence-corrected chi connectivity index (χ1v) is 5.63. The first-order valence-electron chi connectivity index (χ1n) is 4.75. The lowest BCUT2D eigenvalue weighted by molar-refractivity contribution is -0.140. The van der Waals surface area contributed by atoms with Crippen LogP contribution in [0.15, 0.2) is 17.4 Å². The van der Waals surface area contributed by atoms with Crippen LogP contribution in [0, 0.1) is 6.92 Å². The van der Waals surface area contributed by atoms with Gasteiger partial charge in [0, 0.05) is 7.05 Å². The molecule has 1 aromatic rings. The summed E-state index contributed by atoms with van der Waals surface area (Å²) in [5.74, 6) is 0. The summed E-state index contributed by atoms with van der Waals surface area (Å²) in [5.41, 5.74) is 1.85. The summed E-state index contributed by atoms with van der Waals surface area (Å²) in [6, 6.07) is 0. The monoisotopic (exact) mass is 265 g/mol. The van der Waals surface area contributed by atoms with Crippen molar-refractivity contribution in [2.24, 2.45) is 7.05 Å². The third kappa shape index (κ3) is 2.42. The van der Waals surface area contributed by atoms with Crippen molar-refractivity contribution in [3.05, 3.63) is 23.6 Å². The number of rotatable bonds is 2. The molecule has 4 nitrogen and oxygen atoms in total. The van der Waals surface area contributed by atoms with Gasteiger partial charge in [0.05, 0.1) is 5.69 Å². The van der Waals surface area contributed by atoms with Crippen molar-refractivity contribution in [2.45, 2.75) is 23.5 Å². The molecule has 0 amide bonds. The van der Waals surface area contributed by atoms with Crippen LogP contribution in [0.4, 0.5) is 13.2 Å². The summed E-state index contributed by atoms with van der Waals surface area (Å²) in [7, 11) is 1.49. The molecule has 1 unspecified atom stereocenters. The second-order valence-corrected chi connectivity index (χ2v) is 4.62. The summed E-state index contributed by atoms with van der Waals surface area (Å²) in [6.07, 6.45) is -1.37. The van der Waals surface area contributed by atoms with Crippen LogP contribution in [0.25, 0.3) is 0 Å². The van der Waals surface area contributed by atoms with Crippen LogP contribution in [0.5, 0.6) is 0 Å². The van der Waals surface area contributed by atoms with Crippen LogP contribution < -0.4 is 5.48 Å². The summed E-state index contributed by atoms with van der Waals surface area (Å²) in [5, 5.41) is 3.53. The summed E-state index contributed by atoms with van der Waals surface area (Å²) in [6.45, 7) is 1.35. The average Bonchev–Trinajstić information content (AvgIpc) is 2.75. The van der Waals surface area contributed by atoms with E-state index in [0.29, 0.717) is 0 Å². The van der Waals surface area contributed by atoms with Gasteiger partial charge < -0.3 is 4.84 Å². The van der Waals surface area contributed by atoms with Gasteiger partial charge in [-0.1, -0.05) is 11.8 Å². The van der Waals surface area contributed by atoms with E-state index >= 15 is 0 Å². The fourth-order valence-corrected chi connectivity index (χ4v) is 2.60. The summed E-state index contributed by atoms with van der Waals surface area (Å²) >= 11 is 1.01. The molecule has 0 saturated heterocycles. The van der Waals surface area contributed by atoms with Gasteiger partial charge in [-0.3, -0.25) is 4.68 Å². The van der Waals surface area contributed by atoms with Gasteiger partial charge in [-0.05, 0) is 13.0 Å². The fraction of sp³-hybridized carbons (Fsp3) is 0.444. The van der Waals surface area contributed by atoms with Crippen molar-refractivity contribution in [3.8, 4) is 0 Å². The average molecular weight is 265 g/mol. The standard InChI is InChI=1S/C9H10F3N3OS/c1-5-7(9(10,11)12)8(15(2)13-5)17-6-3-4-16-14-6/h3-4,6,14H,1-2H3. The van der Waals surface area contributed by atoms with E-state index in [1.54, 1.807) is 6.08 Å². The quantitative estimate of drug-likeness (QED) is 0.890. The predicted octanol–water partition coefficient (Wildman–Crippen LogP) is 2.21. The maximum atomic E-state index is 12.9. The number of nitrogens with one attached hydrogen (secondary N) is 1. The van der Waals surface area contributed by atoms with Crippen LogP contribution in [0.1, 0.15) is 11.3 Å². The Labute approximate surface area is 99.8 Å². The van der Waals surface area contributed by atoms with Gasteiger partial charge >= 0.3 is 6.18 Å². The molecule has 0 radical (unpaired) electrons. The lowest BCUT2D eigenvalue weighted by Gasteiger charge is -2.12. The first kappa shape index (κ1) is 12.3. The number of aryl methyl sites for hydroxylation is 2. The Hall–Kier alpha value is -1.15. The molecule has 17 heavy (non-hydrogen) atoms. The zero-order valence-corrected chi connectivity index (χ0v) is 9.89. The van der Waals surface area contributed by atoms with Gasteiger partial charge in [-0.25, -0.2) is 0 Å². The minimum atomic E-state index is -4.40. The predicted molar refractivity (Wildman–Crippen MR) is 56.0 cm³/mol. The van der Waals surface area contributed by atoms with Gasteiger partial charge in [-0.15, -0.1) is 5.48 Å². The highest BCUT2D eigenvalue weighted by Gasteiger charge is 2.39. The molecule has 1 N–H and O–H groups in total. The van der Waals surface area contributed by atoms with Crippen LogP contribution in [0.3, 0.4) is 0 Å². The molecule has 94 valence electrons. The Morgan fingerprint density at radius 1 is 1.53 bits per heavy atom. The largest absolute Gasteiger partial charge is 0.420 e. The van der Waals surface area contributed by atoms with Crippen molar-refractivity contribution in [2.75, 3.05) is 0 Å². The van der Waals surface area contributed by atoms with Gasteiger partial charge in [0.2, 0.25) is 0 Å². The van der Waals surface area contributed by atoms with Crippen molar-refractivity contribution < 1.29 is 18.0 Å². The minimum Gasteiger partial charge on any atom is -0.415 e. The number of hydrogen-bond acceptors (Lipinski definition) is 4. The van der Waals surface area contributed by atoms with E-state index < -0.39 is 11.7 Å². The van der Waals surface area contributed by atoms with E-state index in [1.807, 2.05) is 0 Å². The van der Waals surface area contributed by atoms with Crippen molar-refractivity contribution in [3.63, 3.8) is 0 Å². The Bertz CT molecular complexity index is 455. The third-order valence-electron chi connectivity index (χ3n) is 2.20. The SMILES string of the molecule is Cc1nn(C)c(SC2C=CON2)c1C(F)(F)F. The zero-order valence-electron chi connectivity index (χ0n) is 9.08. The zero-order chi connectivity index (χ0) is 12.6. The molecule has 0 saturated carbocycles. The topological polar surface area (TPSA) is 39.1 Å². The number of hydrogen-bond donors (Lipinski definition) is 1. The molecule has 0 aliphatic carbocycles. The van der Waals surface area contributed by atoms with Gasteiger partial charge in [0.1, 0.15) is 22.2 Å². The normalized spacial score (nSPS) is 19.7. The van der Waals surface area contributed by atoms with Crippen molar-refractivity contribution in [1.29, 1.82) is 0 Å². The van der Waals surface area contributed by atoms with E-state index in [4.69, 9.17) is 4.84 Å². The van der Waals surface area contributed by atoms with Crippen molar-refractivity contribution >= 4 is 11.8 Å². The number of aromatic nitrogens is 2. The molecule has 1 atom stereocenters. The van der Waals surface area contributed by atoms with E-state index in [0.717, 1.165) is 11.8 Å². The molecule has 0 spiro atoms. The van der Waals surface area contributed by atoms with Crippen LogP contribution >= 0.6 is 11.8 Å². The van der Waals surface area contributed by atoms with Crippen LogP contribution in [-0.4, -0.2) is 15.2 Å². The number of thioether (sulfide) groups is 1. The maximum absolute atomic E-state index is 12.9. The minimum absolute atomic E-state index is 0.0228. The Morgan fingerprint density at radius 2 is 2.24 bits per heavy atom. The van der Waals surface area contributed by atoms with Gasteiger partial charge in [0.25, 0.3) is 0 Å².